The highest BCUT2D eigenvalue weighted by molar-refractivity contribution is 5.81. The van der Waals surface area contributed by atoms with Gasteiger partial charge in [-0.2, -0.15) is 18.4 Å². The number of nitriles is 1. The molecule has 6 nitrogen and oxygen atoms in total. The molecule has 28 heavy (non-hydrogen) atoms. The number of rotatable bonds is 2. The second-order valence-electron chi connectivity index (χ2n) is 5.93. The van der Waals surface area contributed by atoms with Crippen LogP contribution in [0, 0.1) is 11.3 Å². The molecule has 0 saturated carbocycles. The Balaban J connectivity index is 2.03. The fourth-order valence-corrected chi connectivity index (χ4v) is 3.07. The number of nitrogens with two attached hydrogens (primary N) is 1. The number of halogens is 3. The van der Waals surface area contributed by atoms with Gasteiger partial charge in [-0.1, -0.05) is 12.1 Å². The molecule has 1 atom stereocenters. The number of benzene rings is 1. The molecule has 2 aromatic heterocycles. The van der Waals surface area contributed by atoms with Gasteiger partial charge in [0.25, 0.3) is 0 Å². The topological polar surface area (TPSA) is 98.0 Å². The molecule has 0 unspecified atom stereocenters. The van der Waals surface area contributed by atoms with Crippen molar-refractivity contribution in [2.75, 3.05) is 0 Å². The third-order valence-corrected chi connectivity index (χ3v) is 4.24. The van der Waals surface area contributed by atoms with E-state index in [-0.39, 0.29) is 11.5 Å². The molecule has 9 heteroatoms. The van der Waals surface area contributed by atoms with E-state index in [4.69, 9.17) is 14.9 Å². The van der Waals surface area contributed by atoms with Gasteiger partial charge < -0.3 is 14.9 Å². The number of nitrogens with zero attached hydrogens (tertiary/aromatic N) is 3. The second-order valence-corrected chi connectivity index (χ2v) is 5.93. The molecule has 3 heterocycles. The zero-order valence-corrected chi connectivity index (χ0v) is 14.1. The lowest BCUT2D eigenvalue weighted by Crippen LogP contribution is -2.27. The first-order valence-corrected chi connectivity index (χ1v) is 8.05. The normalized spacial score (nSPS) is 17.6. The summed E-state index contributed by atoms with van der Waals surface area (Å²) in [6, 6.07) is 11.4. The number of allylic oxidation sites excluding steroid dienone is 3. The van der Waals surface area contributed by atoms with Crippen LogP contribution in [0.25, 0.3) is 16.7 Å². The van der Waals surface area contributed by atoms with Crippen LogP contribution >= 0.6 is 0 Å². The molecule has 0 bridgehead atoms. The highest BCUT2D eigenvalue weighted by Gasteiger charge is 2.47. The fourth-order valence-electron chi connectivity index (χ4n) is 3.07. The summed E-state index contributed by atoms with van der Waals surface area (Å²) in [6.45, 7) is 0. The van der Waals surface area contributed by atoms with Crippen LogP contribution in [0.3, 0.4) is 0 Å². The Kier molecular flexibility index (Phi) is 4.04. The molecule has 1 aromatic carbocycles. The predicted octanol–water partition coefficient (Wildman–Crippen LogP) is 4.00. The Bertz CT molecular complexity index is 1120. The maximum absolute atomic E-state index is 13.8. The minimum Gasteiger partial charge on any atom is -0.436 e. The van der Waals surface area contributed by atoms with Gasteiger partial charge in [-0.3, -0.25) is 4.98 Å². The highest BCUT2D eigenvalue weighted by atomic mass is 19.4. The molecule has 0 radical (unpaired) electrons. The van der Waals surface area contributed by atoms with E-state index in [0.717, 1.165) is 0 Å². The summed E-state index contributed by atoms with van der Waals surface area (Å²) < 4.78 is 51.8. The molecular formula is C19H11F3N4O2. The van der Waals surface area contributed by atoms with Crippen LogP contribution in [0.4, 0.5) is 13.2 Å². The SMILES string of the molecule is N#CC1=C(N)OC(C(F)(F)F)=C(c2nc3ccccc3o2)[C@@H]1c1ccncc1. The monoisotopic (exact) mass is 384 g/mol. The van der Waals surface area contributed by atoms with E-state index in [1.807, 2.05) is 6.07 Å². The molecule has 0 aliphatic carbocycles. The van der Waals surface area contributed by atoms with E-state index in [2.05, 4.69) is 9.97 Å². The van der Waals surface area contributed by atoms with Gasteiger partial charge >= 0.3 is 6.18 Å². The lowest BCUT2D eigenvalue weighted by molar-refractivity contribution is -0.124. The van der Waals surface area contributed by atoms with Crippen molar-refractivity contribution in [3.63, 3.8) is 0 Å². The van der Waals surface area contributed by atoms with Crippen LogP contribution in [0.2, 0.25) is 0 Å². The van der Waals surface area contributed by atoms with Gasteiger partial charge in [0.2, 0.25) is 17.5 Å². The summed E-state index contributed by atoms with van der Waals surface area (Å²) in [5.74, 6) is -3.45. The molecular weight excluding hydrogens is 373 g/mol. The van der Waals surface area contributed by atoms with E-state index in [9.17, 15) is 18.4 Å². The first kappa shape index (κ1) is 17.6. The number of fused-ring (bicyclic) bond motifs is 1. The van der Waals surface area contributed by atoms with E-state index in [1.54, 1.807) is 24.3 Å². The van der Waals surface area contributed by atoms with Gasteiger partial charge in [-0.15, -0.1) is 0 Å². The Morgan fingerprint density at radius 2 is 1.82 bits per heavy atom. The average molecular weight is 384 g/mol. The maximum atomic E-state index is 13.8. The third-order valence-electron chi connectivity index (χ3n) is 4.24. The zero-order chi connectivity index (χ0) is 19.9. The van der Waals surface area contributed by atoms with Gasteiger partial charge in [0.05, 0.1) is 11.5 Å². The Labute approximate surface area is 156 Å². The number of para-hydroxylation sites is 2. The van der Waals surface area contributed by atoms with Gasteiger partial charge in [-0.05, 0) is 29.8 Å². The van der Waals surface area contributed by atoms with Crippen molar-refractivity contribution in [2.24, 2.45) is 5.73 Å². The molecule has 0 fully saturated rings. The van der Waals surface area contributed by atoms with Crippen LogP contribution < -0.4 is 5.73 Å². The quantitative estimate of drug-likeness (QED) is 0.717. The predicted molar refractivity (Wildman–Crippen MR) is 91.9 cm³/mol. The lowest BCUT2D eigenvalue weighted by atomic mass is 9.83. The number of alkyl halides is 3. The summed E-state index contributed by atoms with van der Waals surface area (Å²) in [5, 5.41) is 9.55. The smallest absolute Gasteiger partial charge is 0.436 e. The molecule has 1 aliphatic rings. The van der Waals surface area contributed by atoms with Gasteiger partial charge in [0.15, 0.2) is 5.58 Å². The molecule has 0 amide bonds. The molecule has 1 aliphatic heterocycles. The molecule has 140 valence electrons. The van der Waals surface area contributed by atoms with Crippen LogP contribution in [0.5, 0.6) is 0 Å². The minimum absolute atomic E-state index is 0.170. The zero-order valence-electron chi connectivity index (χ0n) is 14.1. The van der Waals surface area contributed by atoms with Crippen molar-refractivity contribution in [1.29, 1.82) is 5.26 Å². The molecule has 0 saturated heterocycles. The summed E-state index contributed by atoms with van der Waals surface area (Å²) in [5.41, 5.74) is 6.12. The highest BCUT2D eigenvalue weighted by Crippen LogP contribution is 2.48. The van der Waals surface area contributed by atoms with Crippen molar-refractivity contribution < 1.29 is 22.3 Å². The van der Waals surface area contributed by atoms with Crippen molar-refractivity contribution in [3.05, 3.63) is 77.5 Å². The summed E-state index contributed by atoms with van der Waals surface area (Å²) in [6.07, 6.45) is -2.06. The Hall–Kier alpha value is -3.80. The standard InChI is InChI=1S/C19H11F3N4O2/c20-19(21,22)16-15(18-26-12-3-1-2-4-13(12)27-18)14(10-5-7-25-8-6-10)11(9-23)17(24)28-16/h1-8,14H,24H2/t14-/m1/s1. The van der Waals surface area contributed by atoms with Gasteiger partial charge in [-0.25, -0.2) is 4.98 Å². The van der Waals surface area contributed by atoms with Crippen molar-refractivity contribution in [1.82, 2.24) is 9.97 Å². The minimum atomic E-state index is -4.88. The molecule has 2 N–H and O–H groups in total. The van der Waals surface area contributed by atoms with Crippen LogP contribution in [-0.2, 0) is 4.74 Å². The average Bonchev–Trinajstić information content (AvgIpc) is 3.11. The summed E-state index contributed by atoms with van der Waals surface area (Å²) >= 11 is 0. The van der Waals surface area contributed by atoms with Crippen LogP contribution in [0.15, 0.2) is 70.4 Å². The third kappa shape index (κ3) is 2.85. The molecule has 4 rings (SSSR count). The van der Waals surface area contributed by atoms with Gasteiger partial charge in [0, 0.05) is 12.4 Å². The number of hydrogen-bond acceptors (Lipinski definition) is 6. The van der Waals surface area contributed by atoms with Crippen molar-refractivity contribution >= 4 is 16.7 Å². The number of pyridine rings is 1. The first-order chi connectivity index (χ1) is 13.4. The van der Waals surface area contributed by atoms with E-state index >= 15 is 0 Å². The summed E-state index contributed by atoms with van der Waals surface area (Å²) in [4.78, 5) is 8.05. The second kappa shape index (κ2) is 6.42. The van der Waals surface area contributed by atoms with Crippen LogP contribution in [-0.4, -0.2) is 16.1 Å². The van der Waals surface area contributed by atoms with Crippen molar-refractivity contribution in [3.8, 4) is 6.07 Å². The van der Waals surface area contributed by atoms with Crippen molar-refractivity contribution in [2.45, 2.75) is 12.1 Å². The molecule has 0 spiro atoms. The number of aromatic nitrogens is 2. The van der Waals surface area contributed by atoms with E-state index < -0.39 is 29.3 Å². The maximum Gasteiger partial charge on any atom is 0.450 e. The largest absolute Gasteiger partial charge is 0.450 e. The number of oxazole rings is 1. The van der Waals surface area contributed by atoms with Gasteiger partial charge in [0.1, 0.15) is 17.2 Å². The van der Waals surface area contributed by atoms with E-state index in [1.165, 1.54) is 24.5 Å². The molecule has 3 aromatic rings. The Morgan fingerprint density at radius 1 is 1.11 bits per heavy atom. The number of hydrogen-bond donors (Lipinski definition) is 1. The van der Waals surface area contributed by atoms with Crippen LogP contribution in [0.1, 0.15) is 17.4 Å². The number of ether oxygens (including phenoxy) is 1. The summed E-state index contributed by atoms with van der Waals surface area (Å²) in [7, 11) is 0. The Morgan fingerprint density at radius 3 is 2.46 bits per heavy atom. The first-order valence-electron chi connectivity index (χ1n) is 8.05. The lowest BCUT2D eigenvalue weighted by Gasteiger charge is -2.28. The fraction of sp³-hybridized carbons (Fsp3) is 0.105. The van der Waals surface area contributed by atoms with E-state index in [0.29, 0.717) is 16.7 Å².